The van der Waals surface area contributed by atoms with E-state index in [1.54, 1.807) is 0 Å². The van der Waals surface area contributed by atoms with Gasteiger partial charge < -0.3 is 33.1 Å². The molecule has 3 aromatic carbocycles. The van der Waals surface area contributed by atoms with Crippen molar-refractivity contribution in [2.45, 2.75) is 17.7 Å². The standard InChI is InChI=1S/C29H30N3O5PS.BrH/c30-24(28(36)31-19-27(34)35)20-39-25-18-26(33)32(29(25)37)16-17-38(21-10-4-1-5-11-21,22-12-6-2-7-13-22)23-14-8-3-9-15-23;/h1-15,24-25H,16-20,30H2,(H-,31,34,35,36);1H. The largest absolute Gasteiger partial charge is 1.00 e. The van der Waals surface area contributed by atoms with E-state index < -0.39 is 37.0 Å². The second-order valence-corrected chi connectivity index (χ2v) is 14.0. The molecule has 4 rings (SSSR count). The van der Waals surface area contributed by atoms with Crippen molar-refractivity contribution in [3.05, 3.63) is 91.0 Å². The fourth-order valence-electron chi connectivity index (χ4n) is 4.74. The van der Waals surface area contributed by atoms with Crippen LogP contribution in [-0.4, -0.2) is 70.0 Å². The van der Waals surface area contributed by atoms with Gasteiger partial charge in [-0.1, -0.05) is 54.6 Å². The van der Waals surface area contributed by atoms with Gasteiger partial charge in [-0.3, -0.25) is 24.1 Å². The van der Waals surface area contributed by atoms with Crippen LogP contribution in [0.2, 0.25) is 0 Å². The number of imide groups is 1. The second-order valence-electron chi connectivity index (χ2n) is 9.17. The molecule has 0 saturated carbocycles. The highest BCUT2D eigenvalue weighted by molar-refractivity contribution is 8.00. The van der Waals surface area contributed by atoms with E-state index in [-0.39, 0.29) is 47.5 Å². The Morgan fingerprint density at radius 2 is 1.40 bits per heavy atom. The maximum absolute atomic E-state index is 13.3. The first-order valence-electron chi connectivity index (χ1n) is 12.6. The first-order valence-corrected chi connectivity index (χ1v) is 15.6. The Balaban J connectivity index is 0.00000441. The summed E-state index contributed by atoms with van der Waals surface area (Å²) >= 11 is 1.16. The minimum atomic E-state index is -2.21. The minimum absolute atomic E-state index is 0. The molecule has 1 heterocycles. The van der Waals surface area contributed by atoms with Crippen LogP contribution in [0.5, 0.6) is 0 Å². The lowest BCUT2D eigenvalue weighted by Gasteiger charge is -2.29. The maximum Gasteiger partial charge on any atom is 0.322 e. The number of carbonyl (C=O) groups is 4. The van der Waals surface area contributed by atoms with Gasteiger partial charge in [0.2, 0.25) is 17.7 Å². The molecule has 3 aromatic rings. The van der Waals surface area contributed by atoms with E-state index >= 15 is 0 Å². The highest BCUT2D eigenvalue weighted by Gasteiger charge is 2.47. The van der Waals surface area contributed by atoms with E-state index in [1.807, 2.05) is 54.6 Å². The lowest BCUT2D eigenvalue weighted by molar-refractivity contribution is -0.138. The molecule has 0 radical (unpaired) electrons. The molecule has 0 aliphatic carbocycles. The van der Waals surface area contributed by atoms with Gasteiger partial charge in [-0.15, -0.1) is 11.8 Å². The number of amides is 3. The summed E-state index contributed by atoms with van der Waals surface area (Å²) in [6.07, 6.45) is 0.636. The zero-order valence-corrected chi connectivity index (χ0v) is 25.0. The van der Waals surface area contributed by atoms with E-state index in [2.05, 4.69) is 41.7 Å². The molecule has 0 bridgehead atoms. The van der Waals surface area contributed by atoms with Crippen molar-refractivity contribution in [1.82, 2.24) is 10.2 Å². The lowest BCUT2D eigenvalue weighted by Crippen LogP contribution is -3.00. The van der Waals surface area contributed by atoms with Gasteiger partial charge in [-0.2, -0.15) is 0 Å². The Labute approximate surface area is 248 Å². The predicted octanol–water partition coefficient (Wildman–Crippen LogP) is -1.63. The van der Waals surface area contributed by atoms with Gasteiger partial charge in [-0.25, -0.2) is 0 Å². The number of nitrogens with zero attached hydrogens (tertiary/aromatic N) is 1. The number of carbonyl (C=O) groups excluding carboxylic acids is 3. The second kappa shape index (κ2) is 14.6. The molecule has 11 heteroatoms. The van der Waals surface area contributed by atoms with Crippen molar-refractivity contribution < 1.29 is 41.3 Å². The van der Waals surface area contributed by atoms with Crippen LogP contribution in [0.15, 0.2) is 91.0 Å². The SMILES string of the molecule is NC(CSC1CC(=O)N(CC[P+](c2ccccc2)(c2ccccc2)c2ccccc2)C1=O)C(=O)NCC(=O)O.[Br-]. The lowest BCUT2D eigenvalue weighted by atomic mass is 10.3. The normalized spacial score (nSPS) is 15.8. The molecule has 3 amide bonds. The van der Waals surface area contributed by atoms with Gasteiger partial charge in [0, 0.05) is 12.2 Å². The smallest absolute Gasteiger partial charge is 0.322 e. The van der Waals surface area contributed by atoms with Crippen molar-refractivity contribution >= 4 is 58.6 Å². The average Bonchev–Trinajstić information content (AvgIpc) is 3.24. The minimum Gasteiger partial charge on any atom is -1.00 e. The first kappa shape index (κ1) is 31.5. The Bertz CT molecular complexity index is 1220. The summed E-state index contributed by atoms with van der Waals surface area (Å²) in [4.78, 5) is 50.3. The number of carboxylic acid groups (broad SMARTS) is 1. The third-order valence-corrected chi connectivity index (χ3v) is 12.4. The van der Waals surface area contributed by atoms with Crippen LogP contribution in [0.25, 0.3) is 0 Å². The molecule has 1 saturated heterocycles. The highest BCUT2D eigenvalue weighted by Crippen LogP contribution is 2.55. The van der Waals surface area contributed by atoms with Gasteiger partial charge in [0.25, 0.3) is 0 Å². The molecule has 1 aliphatic heterocycles. The summed E-state index contributed by atoms with van der Waals surface area (Å²) < 4.78 is 0. The number of carboxylic acids is 1. The fourth-order valence-corrected chi connectivity index (χ4v) is 10.1. The summed E-state index contributed by atoms with van der Waals surface area (Å²) in [6.45, 7) is -0.257. The van der Waals surface area contributed by atoms with E-state index in [1.165, 1.54) is 20.8 Å². The maximum atomic E-state index is 13.3. The van der Waals surface area contributed by atoms with E-state index in [4.69, 9.17) is 10.8 Å². The van der Waals surface area contributed by atoms with Crippen LogP contribution in [0.1, 0.15) is 6.42 Å². The van der Waals surface area contributed by atoms with E-state index in [9.17, 15) is 19.2 Å². The Kier molecular flexibility index (Phi) is 11.5. The number of rotatable bonds is 12. The monoisotopic (exact) mass is 643 g/mol. The van der Waals surface area contributed by atoms with Gasteiger partial charge in [0.15, 0.2) is 0 Å². The third-order valence-electron chi connectivity index (χ3n) is 6.68. The van der Waals surface area contributed by atoms with Crippen LogP contribution in [-0.2, 0) is 19.2 Å². The zero-order valence-electron chi connectivity index (χ0n) is 21.7. The van der Waals surface area contributed by atoms with Crippen LogP contribution >= 0.6 is 19.0 Å². The Morgan fingerprint density at radius 1 is 0.925 bits per heavy atom. The molecular weight excluding hydrogens is 613 g/mol. The van der Waals surface area contributed by atoms with Crippen LogP contribution in [0.4, 0.5) is 0 Å². The topological polar surface area (TPSA) is 130 Å². The molecule has 40 heavy (non-hydrogen) atoms. The Hall–Kier alpha value is -3.04. The molecule has 0 spiro atoms. The quantitative estimate of drug-likeness (QED) is 0.160. The van der Waals surface area contributed by atoms with Crippen molar-refractivity contribution in [3.8, 4) is 0 Å². The van der Waals surface area contributed by atoms with Crippen LogP contribution < -0.4 is 43.9 Å². The molecular formula is C29H31BrN3O5PS. The highest BCUT2D eigenvalue weighted by atomic mass is 79.9. The molecule has 8 nitrogen and oxygen atoms in total. The van der Waals surface area contributed by atoms with Gasteiger partial charge >= 0.3 is 5.97 Å². The van der Waals surface area contributed by atoms with Crippen LogP contribution in [0, 0.1) is 0 Å². The van der Waals surface area contributed by atoms with Crippen molar-refractivity contribution in [2.24, 2.45) is 5.73 Å². The number of likely N-dealkylation sites (tertiary alicyclic amines) is 1. The fraction of sp³-hybridized carbons (Fsp3) is 0.241. The summed E-state index contributed by atoms with van der Waals surface area (Å²) in [5, 5.41) is 13.8. The van der Waals surface area contributed by atoms with Gasteiger partial charge in [-0.05, 0) is 36.4 Å². The van der Waals surface area contributed by atoms with Gasteiger partial charge in [0.05, 0.1) is 24.0 Å². The predicted molar refractivity (Wildman–Crippen MR) is 156 cm³/mol. The number of thioether (sulfide) groups is 1. The van der Waals surface area contributed by atoms with Crippen LogP contribution in [0.3, 0.4) is 0 Å². The number of hydrogen-bond donors (Lipinski definition) is 3. The molecule has 0 aromatic heterocycles. The van der Waals surface area contributed by atoms with Crippen molar-refractivity contribution in [3.63, 3.8) is 0 Å². The van der Waals surface area contributed by atoms with E-state index in [0.29, 0.717) is 6.16 Å². The third kappa shape index (κ3) is 7.18. The van der Waals surface area contributed by atoms with E-state index in [0.717, 1.165) is 11.8 Å². The molecule has 2 unspecified atom stereocenters. The molecule has 1 aliphatic rings. The zero-order chi connectivity index (χ0) is 27.8. The van der Waals surface area contributed by atoms with Crippen molar-refractivity contribution in [1.29, 1.82) is 0 Å². The summed E-state index contributed by atoms with van der Waals surface area (Å²) in [5.74, 6) is -2.21. The molecule has 2 atom stereocenters. The number of benzene rings is 3. The average molecular weight is 645 g/mol. The van der Waals surface area contributed by atoms with Crippen molar-refractivity contribution in [2.75, 3.05) is 25.0 Å². The Morgan fingerprint density at radius 3 is 1.85 bits per heavy atom. The van der Waals surface area contributed by atoms with Gasteiger partial charge in [0.1, 0.15) is 29.7 Å². The molecule has 1 fully saturated rings. The number of nitrogens with two attached hydrogens (primary N) is 1. The number of aliphatic carboxylic acids is 1. The number of hydrogen-bond acceptors (Lipinski definition) is 6. The number of nitrogens with one attached hydrogen (secondary N) is 1. The number of halogens is 1. The summed E-state index contributed by atoms with van der Waals surface area (Å²) in [7, 11) is -2.21. The summed E-state index contributed by atoms with van der Waals surface area (Å²) in [6, 6.07) is 29.8. The molecule has 210 valence electrons. The molecule has 4 N–H and O–H groups in total. The summed E-state index contributed by atoms with van der Waals surface area (Å²) in [5.41, 5.74) is 5.87. The first-order chi connectivity index (χ1) is 18.8.